The van der Waals surface area contributed by atoms with Gasteiger partial charge in [0.25, 0.3) is 0 Å². The van der Waals surface area contributed by atoms with Crippen LogP contribution in [0.25, 0.3) is 10.9 Å². The van der Waals surface area contributed by atoms with Gasteiger partial charge in [-0.15, -0.1) is 0 Å². The zero-order valence-electron chi connectivity index (χ0n) is 14.5. The molecule has 5 nitrogen and oxygen atoms in total. The molecule has 6 heteroatoms. The number of ether oxygens (including phenoxy) is 1. The molecule has 134 valence electrons. The third-order valence-electron chi connectivity index (χ3n) is 4.33. The van der Waals surface area contributed by atoms with Crippen LogP contribution in [-0.2, 0) is 9.53 Å². The van der Waals surface area contributed by atoms with Crippen LogP contribution in [0.4, 0.5) is 5.69 Å². The Kier molecular flexibility index (Phi) is 5.28. The number of aromatic amines is 1. The van der Waals surface area contributed by atoms with Crippen molar-refractivity contribution in [1.29, 1.82) is 0 Å². The number of H-pyrrole nitrogens is 1. The molecular weight excluding hydrogens is 352 g/mol. The highest BCUT2D eigenvalue weighted by molar-refractivity contribution is 6.31. The molecule has 26 heavy (non-hydrogen) atoms. The SMILES string of the molecule is CCC(C(=O)Nc1c(C(=O)OC)[nH]c2ccc(Cl)cc12)c1ccccc1. The van der Waals surface area contributed by atoms with E-state index < -0.39 is 5.97 Å². The zero-order chi connectivity index (χ0) is 18.7. The highest BCUT2D eigenvalue weighted by Crippen LogP contribution is 2.32. The van der Waals surface area contributed by atoms with Gasteiger partial charge in [-0.3, -0.25) is 4.79 Å². The minimum atomic E-state index is -0.555. The number of carbonyl (C=O) groups excluding carboxylic acids is 2. The minimum absolute atomic E-state index is 0.190. The molecule has 0 saturated heterocycles. The van der Waals surface area contributed by atoms with Crippen LogP contribution in [0.1, 0.15) is 35.3 Å². The summed E-state index contributed by atoms with van der Waals surface area (Å²) >= 11 is 6.09. The number of nitrogens with one attached hydrogen (secondary N) is 2. The van der Waals surface area contributed by atoms with Crippen LogP contribution in [0.15, 0.2) is 48.5 Å². The fraction of sp³-hybridized carbons (Fsp3) is 0.200. The third kappa shape index (κ3) is 3.44. The van der Waals surface area contributed by atoms with Gasteiger partial charge in [0, 0.05) is 15.9 Å². The Morgan fingerprint density at radius 3 is 2.58 bits per heavy atom. The van der Waals surface area contributed by atoms with Crippen LogP contribution in [0.2, 0.25) is 5.02 Å². The third-order valence-corrected chi connectivity index (χ3v) is 4.56. The van der Waals surface area contributed by atoms with Crippen LogP contribution < -0.4 is 5.32 Å². The summed E-state index contributed by atoms with van der Waals surface area (Å²) in [5.41, 5.74) is 2.19. The first-order chi connectivity index (χ1) is 12.5. The number of fused-ring (bicyclic) bond motifs is 1. The molecule has 3 rings (SSSR count). The van der Waals surface area contributed by atoms with Crippen molar-refractivity contribution in [2.45, 2.75) is 19.3 Å². The molecule has 3 aromatic rings. The van der Waals surface area contributed by atoms with Gasteiger partial charge in [-0.1, -0.05) is 48.9 Å². The number of anilines is 1. The number of aromatic nitrogens is 1. The number of halogens is 1. The molecule has 0 radical (unpaired) electrons. The summed E-state index contributed by atoms with van der Waals surface area (Å²) in [4.78, 5) is 28.1. The normalized spacial score (nSPS) is 12.0. The fourth-order valence-electron chi connectivity index (χ4n) is 3.02. The predicted molar refractivity (Wildman–Crippen MR) is 103 cm³/mol. The maximum absolute atomic E-state index is 12.9. The minimum Gasteiger partial charge on any atom is -0.464 e. The Morgan fingerprint density at radius 2 is 1.92 bits per heavy atom. The molecule has 0 aliphatic carbocycles. The number of rotatable bonds is 5. The second-order valence-corrected chi connectivity index (χ2v) is 6.35. The Morgan fingerprint density at radius 1 is 1.19 bits per heavy atom. The van der Waals surface area contributed by atoms with Crippen LogP contribution in [0, 0.1) is 0 Å². The lowest BCUT2D eigenvalue weighted by molar-refractivity contribution is -0.117. The molecule has 0 saturated carbocycles. The standard InChI is InChI=1S/C20H19ClN2O3/c1-3-14(12-7-5-4-6-8-12)19(24)23-17-15-11-13(21)9-10-16(15)22-18(17)20(25)26-2/h4-11,14,22H,3H2,1-2H3,(H,23,24). The second kappa shape index (κ2) is 7.62. The van der Waals surface area contributed by atoms with Crippen molar-refractivity contribution >= 4 is 40.1 Å². The summed E-state index contributed by atoms with van der Waals surface area (Å²) in [5.74, 6) is -1.07. The van der Waals surface area contributed by atoms with Crippen molar-refractivity contribution in [1.82, 2.24) is 4.98 Å². The molecule has 2 N–H and O–H groups in total. The van der Waals surface area contributed by atoms with Gasteiger partial charge >= 0.3 is 5.97 Å². The van der Waals surface area contributed by atoms with Gasteiger partial charge in [0.1, 0.15) is 5.69 Å². The quantitative estimate of drug-likeness (QED) is 0.637. The molecule has 1 atom stereocenters. The molecule has 0 bridgehead atoms. The van der Waals surface area contributed by atoms with Crippen molar-refractivity contribution in [3.63, 3.8) is 0 Å². The van der Waals surface area contributed by atoms with E-state index in [2.05, 4.69) is 10.3 Å². The van der Waals surface area contributed by atoms with E-state index >= 15 is 0 Å². The summed E-state index contributed by atoms with van der Waals surface area (Å²) in [6.45, 7) is 1.95. The molecule has 2 aromatic carbocycles. The number of methoxy groups -OCH3 is 1. The Labute approximate surface area is 156 Å². The number of amides is 1. The smallest absolute Gasteiger partial charge is 0.356 e. The van der Waals surface area contributed by atoms with E-state index in [-0.39, 0.29) is 17.5 Å². The highest BCUT2D eigenvalue weighted by atomic mass is 35.5. The van der Waals surface area contributed by atoms with E-state index in [0.717, 1.165) is 5.56 Å². The number of hydrogen-bond acceptors (Lipinski definition) is 3. The first kappa shape index (κ1) is 18.0. The largest absolute Gasteiger partial charge is 0.464 e. The molecular formula is C20H19ClN2O3. The topological polar surface area (TPSA) is 71.2 Å². The van der Waals surface area contributed by atoms with Crippen molar-refractivity contribution in [3.8, 4) is 0 Å². The van der Waals surface area contributed by atoms with Gasteiger partial charge in [-0.05, 0) is 30.2 Å². The Hall–Kier alpha value is -2.79. The van der Waals surface area contributed by atoms with Gasteiger partial charge in [-0.25, -0.2) is 4.79 Å². The fourth-order valence-corrected chi connectivity index (χ4v) is 3.19. The molecule has 0 spiro atoms. The van der Waals surface area contributed by atoms with Crippen LogP contribution in [0.5, 0.6) is 0 Å². The Balaban J connectivity index is 2.02. The predicted octanol–water partition coefficient (Wildman–Crippen LogP) is 4.74. The lowest BCUT2D eigenvalue weighted by Gasteiger charge is -2.16. The molecule has 1 aromatic heterocycles. The van der Waals surface area contributed by atoms with E-state index in [1.807, 2.05) is 37.3 Å². The molecule has 1 heterocycles. The van der Waals surface area contributed by atoms with E-state index in [4.69, 9.17) is 16.3 Å². The van der Waals surface area contributed by atoms with E-state index in [1.165, 1.54) is 7.11 Å². The van der Waals surface area contributed by atoms with Crippen molar-refractivity contribution in [3.05, 3.63) is 64.8 Å². The number of hydrogen-bond donors (Lipinski definition) is 2. The van der Waals surface area contributed by atoms with Gasteiger partial charge in [0.05, 0.1) is 18.7 Å². The maximum Gasteiger partial charge on any atom is 0.356 e. The second-order valence-electron chi connectivity index (χ2n) is 5.92. The highest BCUT2D eigenvalue weighted by Gasteiger charge is 2.24. The molecule has 1 unspecified atom stereocenters. The number of carbonyl (C=O) groups is 2. The molecule has 1 amide bonds. The summed E-state index contributed by atoms with van der Waals surface area (Å²) < 4.78 is 4.84. The lowest BCUT2D eigenvalue weighted by Crippen LogP contribution is -2.22. The molecule has 0 fully saturated rings. The van der Waals surface area contributed by atoms with Gasteiger partial charge in [-0.2, -0.15) is 0 Å². The van der Waals surface area contributed by atoms with Crippen LogP contribution in [0.3, 0.4) is 0 Å². The maximum atomic E-state index is 12.9. The van der Waals surface area contributed by atoms with E-state index in [0.29, 0.717) is 28.0 Å². The van der Waals surface area contributed by atoms with Gasteiger partial charge in [0.2, 0.25) is 5.91 Å². The van der Waals surface area contributed by atoms with Gasteiger partial charge in [0.15, 0.2) is 0 Å². The summed E-state index contributed by atoms with van der Waals surface area (Å²) in [6.07, 6.45) is 0.631. The average molecular weight is 371 g/mol. The van der Waals surface area contributed by atoms with Crippen LogP contribution in [-0.4, -0.2) is 24.0 Å². The van der Waals surface area contributed by atoms with Crippen molar-refractivity contribution < 1.29 is 14.3 Å². The summed E-state index contributed by atoms with van der Waals surface area (Å²) in [7, 11) is 1.30. The van der Waals surface area contributed by atoms with Gasteiger partial charge < -0.3 is 15.0 Å². The van der Waals surface area contributed by atoms with Crippen LogP contribution >= 0.6 is 11.6 Å². The van der Waals surface area contributed by atoms with Crippen molar-refractivity contribution in [2.75, 3.05) is 12.4 Å². The summed E-state index contributed by atoms with van der Waals surface area (Å²) in [6, 6.07) is 14.7. The Bertz CT molecular complexity index is 950. The van der Waals surface area contributed by atoms with E-state index in [1.54, 1.807) is 18.2 Å². The van der Waals surface area contributed by atoms with E-state index in [9.17, 15) is 9.59 Å². The monoisotopic (exact) mass is 370 g/mol. The first-order valence-corrected chi connectivity index (χ1v) is 8.68. The first-order valence-electron chi connectivity index (χ1n) is 8.30. The zero-order valence-corrected chi connectivity index (χ0v) is 15.3. The average Bonchev–Trinajstić information content (AvgIpc) is 3.00. The number of esters is 1. The molecule has 0 aliphatic rings. The molecule has 0 aliphatic heterocycles. The summed E-state index contributed by atoms with van der Waals surface area (Å²) in [5, 5.41) is 4.07. The lowest BCUT2D eigenvalue weighted by atomic mass is 9.95. The number of benzene rings is 2. The van der Waals surface area contributed by atoms with Crippen molar-refractivity contribution in [2.24, 2.45) is 0 Å².